The second kappa shape index (κ2) is 3.83. The lowest BCUT2D eigenvalue weighted by atomic mass is 10.1. The first kappa shape index (κ1) is 10.8. The molecular formula is C11H14N2O4. The standard InChI is InChI=1S/C11H14N2O4/c1-5-6(2)13-11(12-5)17-8-4-16-9-7(14)3-15-10(8)9/h7-10,14H,1-4H2,(H,12,13). The van der Waals surface area contributed by atoms with Crippen molar-refractivity contribution in [3.8, 4) is 6.01 Å². The Morgan fingerprint density at radius 1 is 1.29 bits per heavy atom. The molecule has 4 unspecified atom stereocenters. The minimum absolute atomic E-state index is 0.239. The van der Waals surface area contributed by atoms with Crippen LogP contribution in [0.25, 0.3) is 13.2 Å². The van der Waals surface area contributed by atoms with Crippen molar-refractivity contribution in [2.75, 3.05) is 13.2 Å². The van der Waals surface area contributed by atoms with Crippen LogP contribution in [-0.2, 0) is 9.47 Å². The van der Waals surface area contributed by atoms with E-state index in [0.717, 1.165) is 0 Å². The number of fused-ring (bicyclic) bond motifs is 1. The largest absolute Gasteiger partial charge is 0.456 e. The molecule has 0 aliphatic carbocycles. The fraction of sp³-hybridized carbons (Fsp3) is 0.545. The molecule has 0 spiro atoms. The summed E-state index contributed by atoms with van der Waals surface area (Å²) in [6.45, 7) is 8.10. The Morgan fingerprint density at radius 3 is 2.76 bits per heavy atom. The molecule has 92 valence electrons. The van der Waals surface area contributed by atoms with Gasteiger partial charge in [0.1, 0.15) is 18.3 Å². The van der Waals surface area contributed by atoms with Crippen LogP contribution in [0.1, 0.15) is 0 Å². The third-order valence-electron chi connectivity index (χ3n) is 3.09. The van der Waals surface area contributed by atoms with Gasteiger partial charge < -0.3 is 24.3 Å². The molecule has 3 rings (SSSR count). The van der Waals surface area contributed by atoms with Gasteiger partial charge in [-0.25, -0.2) is 0 Å². The number of aromatic amines is 1. The van der Waals surface area contributed by atoms with Crippen LogP contribution in [0, 0.1) is 0 Å². The van der Waals surface area contributed by atoms with Crippen LogP contribution < -0.4 is 15.4 Å². The van der Waals surface area contributed by atoms with Gasteiger partial charge in [-0.2, -0.15) is 4.98 Å². The Hall–Kier alpha value is -1.37. The summed E-state index contributed by atoms with van der Waals surface area (Å²) in [5, 5.41) is 10.8. The van der Waals surface area contributed by atoms with E-state index in [4.69, 9.17) is 14.2 Å². The quantitative estimate of drug-likeness (QED) is 0.631. The van der Waals surface area contributed by atoms with Gasteiger partial charge in [0.25, 0.3) is 6.01 Å². The zero-order valence-corrected chi connectivity index (χ0v) is 9.26. The minimum Gasteiger partial charge on any atom is -0.456 e. The zero-order chi connectivity index (χ0) is 12.0. The first-order chi connectivity index (χ1) is 8.15. The van der Waals surface area contributed by atoms with Gasteiger partial charge in [0.05, 0.1) is 23.9 Å². The topological polar surface area (TPSA) is 76.6 Å². The number of aliphatic hydroxyl groups is 1. The van der Waals surface area contributed by atoms with Crippen molar-refractivity contribution in [3.05, 3.63) is 10.7 Å². The number of nitrogens with zero attached hydrogens (tertiary/aromatic N) is 1. The second-order valence-corrected chi connectivity index (χ2v) is 4.29. The maximum atomic E-state index is 9.58. The molecule has 2 N–H and O–H groups in total. The first-order valence-corrected chi connectivity index (χ1v) is 5.47. The van der Waals surface area contributed by atoms with E-state index in [-0.39, 0.29) is 24.9 Å². The summed E-state index contributed by atoms with van der Waals surface area (Å²) >= 11 is 0. The molecule has 0 bridgehead atoms. The highest BCUT2D eigenvalue weighted by Crippen LogP contribution is 2.28. The van der Waals surface area contributed by atoms with Crippen molar-refractivity contribution in [1.29, 1.82) is 0 Å². The molecule has 2 aliphatic rings. The summed E-state index contributed by atoms with van der Waals surface area (Å²) in [4.78, 5) is 6.96. The van der Waals surface area contributed by atoms with Crippen molar-refractivity contribution >= 4 is 13.2 Å². The van der Waals surface area contributed by atoms with E-state index in [1.165, 1.54) is 0 Å². The SMILES string of the molecule is C=c1nc(OC2COC3C(O)COC23)[nH]c1=C. The maximum Gasteiger partial charge on any atom is 0.295 e. The van der Waals surface area contributed by atoms with Crippen LogP contribution in [0.15, 0.2) is 0 Å². The predicted molar refractivity (Wildman–Crippen MR) is 58.8 cm³/mol. The van der Waals surface area contributed by atoms with Crippen LogP contribution >= 0.6 is 0 Å². The van der Waals surface area contributed by atoms with Gasteiger partial charge in [-0.1, -0.05) is 13.2 Å². The van der Waals surface area contributed by atoms with Crippen molar-refractivity contribution < 1.29 is 19.3 Å². The summed E-state index contributed by atoms with van der Waals surface area (Å²) in [6, 6.07) is 0.360. The molecule has 0 aromatic carbocycles. The third-order valence-corrected chi connectivity index (χ3v) is 3.09. The van der Waals surface area contributed by atoms with E-state index in [2.05, 4.69) is 23.1 Å². The lowest BCUT2D eigenvalue weighted by molar-refractivity contribution is 0.00695. The molecule has 17 heavy (non-hydrogen) atoms. The Morgan fingerprint density at radius 2 is 2.06 bits per heavy atom. The number of aromatic nitrogens is 2. The van der Waals surface area contributed by atoms with Gasteiger partial charge in [-0.3, -0.25) is 0 Å². The van der Waals surface area contributed by atoms with Gasteiger partial charge >= 0.3 is 0 Å². The summed E-state index contributed by atoms with van der Waals surface area (Å²) < 4.78 is 16.5. The fourth-order valence-corrected chi connectivity index (χ4v) is 2.16. The fourth-order valence-electron chi connectivity index (χ4n) is 2.16. The normalized spacial score (nSPS) is 36.1. The van der Waals surface area contributed by atoms with Gasteiger partial charge in [0.2, 0.25) is 0 Å². The van der Waals surface area contributed by atoms with Crippen LogP contribution in [0.2, 0.25) is 0 Å². The van der Waals surface area contributed by atoms with E-state index in [1.54, 1.807) is 0 Å². The lowest BCUT2D eigenvalue weighted by Gasteiger charge is -2.15. The molecule has 6 heteroatoms. The van der Waals surface area contributed by atoms with E-state index < -0.39 is 6.10 Å². The molecule has 2 aliphatic heterocycles. The molecule has 0 radical (unpaired) electrons. The highest BCUT2D eigenvalue weighted by molar-refractivity contribution is 5.09. The molecule has 1 aromatic heterocycles. The van der Waals surface area contributed by atoms with Crippen LogP contribution in [0.5, 0.6) is 6.01 Å². The third kappa shape index (κ3) is 1.74. The number of ether oxygens (including phenoxy) is 3. The highest BCUT2D eigenvalue weighted by atomic mass is 16.6. The van der Waals surface area contributed by atoms with E-state index in [0.29, 0.717) is 23.3 Å². The predicted octanol–water partition coefficient (Wildman–Crippen LogP) is -1.86. The number of nitrogens with one attached hydrogen (secondary N) is 1. The van der Waals surface area contributed by atoms with Crippen molar-refractivity contribution in [3.63, 3.8) is 0 Å². The summed E-state index contributed by atoms with van der Waals surface area (Å²) in [6.07, 6.45) is -1.37. The number of hydrogen-bond donors (Lipinski definition) is 2. The van der Waals surface area contributed by atoms with Gasteiger partial charge in [0.15, 0.2) is 6.10 Å². The van der Waals surface area contributed by atoms with E-state index in [1.807, 2.05) is 0 Å². The first-order valence-electron chi connectivity index (χ1n) is 5.47. The van der Waals surface area contributed by atoms with Gasteiger partial charge in [-0.15, -0.1) is 0 Å². The van der Waals surface area contributed by atoms with Gasteiger partial charge in [0, 0.05) is 0 Å². The number of hydrogen-bond acceptors (Lipinski definition) is 5. The molecule has 0 amide bonds. The summed E-state index contributed by atoms with van der Waals surface area (Å²) in [5.74, 6) is 0. The molecule has 4 atom stereocenters. The molecule has 3 heterocycles. The molecule has 1 aromatic rings. The molecular weight excluding hydrogens is 224 g/mol. The Kier molecular flexibility index (Phi) is 2.43. The number of aliphatic hydroxyl groups excluding tert-OH is 1. The Balaban J connectivity index is 1.74. The monoisotopic (exact) mass is 238 g/mol. The molecule has 6 nitrogen and oxygen atoms in total. The molecule has 2 fully saturated rings. The average molecular weight is 238 g/mol. The molecule has 2 saturated heterocycles. The minimum atomic E-state index is -0.572. The van der Waals surface area contributed by atoms with Crippen LogP contribution in [-0.4, -0.2) is 52.7 Å². The second-order valence-electron chi connectivity index (χ2n) is 4.29. The Labute approximate surface area is 97.5 Å². The number of rotatable bonds is 2. The van der Waals surface area contributed by atoms with E-state index in [9.17, 15) is 5.11 Å². The zero-order valence-electron chi connectivity index (χ0n) is 9.26. The lowest BCUT2D eigenvalue weighted by Crippen LogP contribution is -2.34. The van der Waals surface area contributed by atoms with Crippen molar-refractivity contribution in [1.82, 2.24) is 9.97 Å². The van der Waals surface area contributed by atoms with E-state index >= 15 is 0 Å². The smallest absolute Gasteiger partial charge is 0.295 e. The Bertz CT molecular complexity index is 487. The average Bonchev–Trinajstić information content (AvgIpc) is 2.91. The van der Waals surface area contributed by atoms with Crippen LogP contribution in [0.3, 0.4) is 0 Å². The summed E-state index contributed by atoms with van der Waals surface area (Å²) in [7, 11) is 0. The van der Waals surface area contributed by atoms with Crippen molar-refractivity contribution in [2.45, 2.75) is 24.4 Å². The maximum absolute atomic E-state index is 9.58. The van der Waals surface area contributed by atoms with Crippen LogP contribution in [0.4, 0.5) is 0 Å². The number of H-pyrrole nitrogens is 1. The summed E-state index contributed by atoms with van der Waals surface area (Å²) in [5.41, 5.74) is 0. The highest BCUT2D eigenvalue weighted by Gasteiger charge is 2.48. The number of imidazole rings is 1. The van der Waals surface area contributed by atoms with Gasteiger partial charge in [-0.05, 0) is 0 Å². The van der Waals surface area contributed by atoms with Crippen molar-refractivity contribution in [2.24, 2.45) is 0 Å². The molecule has 0 saturated carbocycles.